The Bertz CT molecular complexity index is 1280. The molecule has 0 bridgehead atoms. The minimum Gasteiger partial charge on any atom is -0.492 e. The van der Waals surface area contributed by atoms with Crippen LogP contribution >= 0.6 is 0 Å². The minimum atomic E-state index is -3.82. The van der Waals surface area contributed by atoms with Crippen molar-refractivity contribution >= 4 is 33.6 Å². The second-order valence-electron chi connectivity index (χ2n) is 8.60. The molecule has 0 aliphatic carbocycles. The molecule has 11 nitrogen and oxygen atoms in total. The maximum Gasteiger partial charge on any atom is 0.325 e. The first-order valence-electron chi connectivity index (χ1n) is 12.1. The van der Waals surface area contributed by atoms with E-state index in [1.165, 1.54) is 22.5 Å². The van der Waals surface area contributed by atoms with E-state index in [9.17, 15) is 22.8 Å². The molecule has 2 saturated heterocycles. The van der Waals surface area contributed by atoms with Gasteiger partial charge < -0.3 is 20.1 Å². The number of sulfonamides is 1. The maximum absolute atomic E-state index is 13.3. The number of nitrogens with one attached hydrogen (secondary N) is 2. The Balaban J connectivity index is 1.55. The molecule has 2 fully saturated rings. The van der Waals surface area contributed by atoms with Gasteiger partial charge in [0.05, 0.1) is 30.4 Å². The van der Waals surface area contributed by atoms with Gasteiger partial charge >= 0.3 is 6.03 Å². The molecular formula is C25H30N4O7S. The van der Waals surface area contributed by atoms with E-state index >= 15 is 0 Å². The van der Waals surface area contributed by atoms with Gasteiger partial charge in [0.15, 0.2) is 0 Å². The third-order valence-electron chi connectivity index (χ3n) is 6.41. The fourth-order valence-electron chi connectivity index (χ4n) is 4.45. The molecule has 2 aliphatic heterocycles. The maximum atomic E-state index is 13.3. The fraction of sp³-hybridized carbons (Fsp3) is 0.400. The van der Waals surface area contributed by atoms with E-state index in [1.807, 2.05) is 6.07 Å². The first kappa shape index (κ1) is 26.6. The summed E-state index contributed by atoms with van der Waals surface area (Å²) in [6.45, 7) is 4.32. The van der Waals surface area contributed by atoms with E-state index < -0.39 is 40.0 Å². The lowest BCUT2D eigenvalue weighted by Gasteiger charge is -2.26. The Morgan fingerprint density at radius 2 is 1.81 bits per heavy atom. The lowest BCUT2D eigenvalue weighted by Crippen LogP contribution is -2.44. The molecule has 1 atom stereocenters. The van der Waals surface area contributed by atoms with Gasteiger partial charge in [-0.05, 0) is 37.1 Å². The molecule has 198 valence electrons. The van der Waals surface area contributed by atoms with Gasteiger partial charge in [0, 0.05) is 13.1 Å². The molecule has 0 unspecified atom stereocenters. The summed E-state index contributed by atoms with van der Waals surface area (Å²) in [4.78, 5) is 39.9. The molecule has 2 aromatic carbocycles. The minimum absolute atomic E-state index is 0.0165. The van der Waals surface area contributed by atoms with Crippen molar-refractivity contribution in [3.63, 3.8) is 0 Å². The fourth-order valence-corrected chi connectivity index (χ4v) is 5.88. The van der Waals surface area contributed by atoms with Crippen LogP contribution in [0, 0.1) is 0 Å². The number of morpholine rings is 1. The molecule has 0 saturated carbocycles. The quantitative estimate of drug-likeness (QED) is 0.473. The highest BCUT2D eigenvalue weighted by Gasteiger charge is 2.51. The summed E-state index contributed by atoms with van der Waals surface area (Å²) in [5.41, 5.74) is -0.516. The Kier molecular flexibility index (Phi) is 7.81. The molecule has 4 rings (SSSR count). The zero-order chi connectivity index (χ0) is 26.6. The highest BCUT2D eigenvalue weighted by Crippen LogP contribution is 2.33. The van der Waals surface area contributed by atoms with Crippen LogP contribution in [-0.4, -0.2) is 74.9 Å². The highest BCUT2D eigenvalue weighted by molar-refractivity contribution is 7.89. The summed E-state index contributed by atoms with van der Waals surface area (Å²) in [7, 11) is -3.82. The lowest BCUT2D eigenvalue weighted by atomic mass is 9.87. The summed E-state index contributed by atoms with van der Waals surface area (Å²) >= 11 is 0. The molecule has 37 heavy (non-hydrogen) atoms. The average molecular weight is 531 g/mol. The number of anilines is 1. The Labute approximate surface area is 215 Å². The number of nitrogens with zero attached hydrogens (tertiary/aromatic N) is 2. The normalized spacial score (nSPS) is 20.5. The van der Waals surface area contributed by atoms with Gasteiger partial charge in [0.2, 0.25) is 15.9 Å². The molecule has 2 aliphatic rings. The van der Waals surface area contributed by atoms with Gasteiger partial charge in [-0.25, -0.2) is 13.2 Å². The van der Waals surface area contributed by atoms with Gasteiger partial charge in [-0.3, -0.25) is 14.5 Å². The van der Waals surface area contributed by atoms with Crippen molar-refractivity contribution in [1.82, 2.24) is 14.5 Å². The second-order valence-corrected chi connectivity index (χ2v) is 10.5. The molecule has 0 spiro atoms. The van der Waals surface area contributed by atoms with Crippen LogP contribution in [0.4, 0.5) is 10.5 Å². The number of ether oxygens (including phenoxy) is 2. The molecular weight excluding hydrogens is 500 g/mol. The van der Waals surface area contributed by atoms with Crippen LogP contribution in [0.25, 0.3) is 0 Å². The number of hydrogen-bond acceptors (Lipinski definition) is 7. The van der Waals surface area contributed by atoms with Crippen molar-refractivity contribution in [3.8, 4) is 5.75 Å². The molecule has 12 heteroatoms. The Morgan fingerprint density at radius 1 is 1.11 bits per heavy atom. The molecule has 2 aromatic rings. The van der Waals surface area contributed by atoms with Crippen molar-refractivity contribution in [1.29, 1.82) is 0 Å². The first-order chi connectivity index (χ1) is 17.7. The molecule has 0 aromatic heterocycles. The van der Waals surface area contributed by atoms with Gasteiger partial charge in [-0.15, -0.1) is 0 Å². The molecule has 2 N–H and O–H groups in total. The number of rotatable bonds is 9. The van der Waals surface area contributed by atoms with Crippen LogP contribution < -0.4 is 15.4 Å². The molecule has 2 heterocycles. The van der Waals surface area contributed by atoms with E-state index in [4.69, 9.17) is 9.47 Å². The van der Waals surface area contributed by atoms with Crippen molar-refractivity contribution in [2.24, 2.45) is 0 Å². The van der Waals surface area contributed by atoms with Crippen LogP contribution in [0.15, 0.2) is 53.4 Å². The van der Waals surface area contributed by atoms with Crippen molar-refractivity contribution in [2.45, 2.75) is 30.7 Å². The largest absolute Gasteiger partial charge is 0.492 e. The topological polar surface area (TPSA) is 134 Å². The zero-order valence-corrected chi connectivity index (χ0v) is 21.5. The SMILES string of the molecule is CCOc1ccc(S(=O)(=O)N2CCOCC2)cc1NC(=O)CN1C(=O)N[C@@](CC)(c2ccccc2)C1=O. The van der Waals surface area contributed by atoms with E-state index in [0.29, 0.717) is 25.2 Å². The highest BCUT2D eigenvalue weighted by atomic mass is 32.2. The monoisotopic (exact) mass is 530 g/mol. The van der Waals surface area contributed by atoms with Gasteiger partial charge in [-0.2, -0.15) is 4.31 Å². The number of urea groups is 1. The summed E-state index contributed by atoms with van der Waals surface area (Å²) in [6, 6.07) is 12.4. The number of benzene rings is 2. The third kappa shape index (κ3) is 5.17. The smallest absolute Gasteiger partial charge is 0.325 e. The summed E-state index contributed by atoms with van der Waals surface area (Å²) in [5.74, 6) is -0.943. The van der Waals surface area contributed by atoms with Crippen molar-refractivity contribution in [3.05, 3.63) is 54.1 Å². The first-order valence-corrected chi connectivity index (χ1v) is 13.5. The van der Waals surface area contributed by atoms with Crippen LogP contribution in [0.3, 0.4) is 0 Å². The third-order valence-corrected chi connectivity index (χ3v) is 8.30. The number of hydrogen-bond donors (Lipinski definition) is 2. The lowest BCUT2D eigenvalue weighted by molar-refractivity contribution is -0.134. The second kappa shape index (κ2) is 10.9. The number of imide groups is 1. The van der Waals surface area contributed by atoms with E-state index in [1.54, 1.807) is 38.1 Å². The average Bonchev–Trinajstić information content (AvgIpc) is 3.15. The number of amides is 4. The zero-order valence-electron chi connectivity index (χ0n) is 20.7. The number of carbonyl (C=O) groups excluding carboxylic acids is 3. The van der Waals surface area contributed by atoms with Gasteiger partial charge in [0.25, 0.3) is 5.91 Å². The summed E-state index contributed by atoms with van der Waals surface area (Å²) < 4.78 is 38.3. The molecule has 0 radical (unpaired) electrons. The summed E-state index contributed by atoms with van der Waals surface area (Å²) in [6.07, 6.45) is 0.301. The molecule has 4 amide bonds. The van der Waals surface area contributed by atoms with Gasteiger partial charge in [-0.1, -0.05) is 37.3 Å². The van der Waals surface area contributed by atoms with E-state index in [2.05, 4.69) is 10.6 Å². The van der Waals surface area contributed by atoms with Crippen LogP contribution in [0.5, 0.6) is 5.75 Å². The van der Waals surface area contributed by atoms with Crippen LogP contribution in [0.1, 0.15) is 25.8 Å². The van der Waals surface area contributed by atoms with E-state index in [0.717, 1.165) is 4.90 Å². The standard InChI is InChI=1S/C25H30N4O7S/c1-3-25(18-8-6-5-7-9-18)23(31)29(24(32)27-25)17-22(30)26-20-16-19(10-11-21(20)36-4-2)37(33,34)28-12-14-35-15-13-28/h5-11,16H,3-4,12-15,17H2,1-2H3,(H,26,30)(H,27,32)/t25-/m0/s1. The summed E-state index contributed by atoms with van der Waals surface area (Å²) in [5, 5.41) is 5.36. The Hall–Kier alpha value is -3.48. The van der Waals surface area contributed by atoms with Crippen molar-refractivity contribution < 1.29 is 32.3 Å². The number of carbonyl (C=O) groups is 3. The predicted octanol–water partition coefficient (Wildman–Crippen LogP) is 1.90. The van der Waals surface area contributed by atoms with Crippen LogP contribution in [-0.2, 0) is 29.9 Å². The van der Waals surface area contributed by atoms with Crippen LogP contribution in [0.2, 0.25) is 0 Å². The van der Waals surface area contributed by atoms with E-state index in [-0.39, 0.29) is 36.0 Å². The van der Waals surface area contributed by atoms with Crippen molar-refractivity contribution in [2.75, 3.05) is 44.8 Å². The Morgan fingerprint density at radius 3 is 2.46 bits per heavy atom. The van der Waals surface area contributed by atoms with Gasteiger partial charge in [0.1, 0.15) is 17.8 Å². The predicted molar refractivity (Wildman–Crippen MR) is 134 cm³/mol.